The molecule has 0 fully saturated rings. The van der Waals surface area contributed by atoms with Crippen LogP contribution < -0.4 is 5.32 Å². The molecule has 0 unspecified atom stereocenters. The van der Waals surface area contributed by atoms with Gasteiger partial charge in [0.25, 0.3) is 0 Å². The molecular formula is C21H20N2OS. The van der Waals surface area contributed by atoms with Crippen LogP contribution in [0.5, 0.6) is 0 Å². The second kappa shape index (κ2) is 6.81. The summed E-state index contributed by atoms with van der Waals surface area (Å²) >= 11 is 1.64. The topological polar surface area (TPSA) is 42.0 Å². The Morgan fingerprint density at radius 3 is 2.68 bits per heavy atom. The highest BCUT2D eigenvalue weighted by Crippen LogP contribution is 2.24. The van der Waals surface area contributed by atoms with Crippen molar-refractivity contribution in [3.8, 4) is 11.3 Å². The Balaban J connectivity index is 1.40. The fourth-order valence-corrected chi connectivity index (χ4v) is 3.97. The van der Waals surface area contributed by atoms with Crippen molar-refractivity contribution in [1.29, 1.82) is 0 Å². The SMILES string of the molecule is Cc1nc(-c2ccc(NC(=O)Cc3ccc4c(c3)CCC4)cc2)cs1. The van der Waals surface area contributed by atoms with Gasteiger partial charge in [-0.25, -0.2) is 4.98 Å². The van der Waals surface area contributed by atoms with Gasteiger partial charge < -0.3 is 5.32 Å². The minimum atomic E-state index is 0.0233. The second-order valence-corrected chi connectivity index (χ2v) is 7.57. The summed E-state index contributed by atoms with van der Waals surface area (Å²) < 4.78 is 0. The molecule has 25 heavy (non-hydrogen) atoms. The van der Waals surface area contributed by atoms with Crippen LogP contribution in [0.4, 0.5) is 5.69 Å². The summed E-state index contributed by atoms with van der Waals surface area (Å²) in [6.45, 7) is 2.00. The Bertz CT molecular complexity index is 912. The largest absolute Gasteiger partial charge is 0.326 e. The Hall–Kier alpha value is -2.46. The number of thiazole rings is 1. The number of benzene rings is 2. The highest BCUT2D eigenvalue weighted by atomic mass is 32.1. The number of hydrogen-bond acceptors (Lipinski definition) is 3. The van der Waals surface area contributed by atoms with E-state index in [4.69, 9.17) is 0 Å². The maximum atomic E-state index is 12.3. The van der Waals surface area contributed by atoms with Gasteiger partial charge in [0.1, 0.15) is 0 Å². The molecule has 2 aromatic carbocycles. The molecule has 0 saturated heterocycles. The van der Waals surface area contributed by atoms with Crippen LogP contribution in [0.15, 0.2) is 47.8 Å². The lowest BCUT2D eigenvalue weighted by molar-refractivity contribution is -0.115. The number of nitrogens with one attached hydrogen (secondary N) is 1. The first kappa shape index (κ1) is 16.0. The van der Waals surface area contributed by atoms with Gasteiger partial charge in [-0.1, -0.05) is 30.3 Å². The molecule has 0 saturated carbocycles. The third kappa shape index (κ3) is 3.64. The molecule has 4 rings (SSSR count). The van der Waals surface area contributed by atoms with E-state index in [-0.39, 0.29) is 5.91 Å². The number of amides is 1. The number of nitrogens with zero attached hydrogens (tertiary/aromatic N) is 1. The maximum Gasteiger partial charge on any atom is 0.228 e. The van der Waals surface area contributed by atoms with Crippen LogP contribution in [0, 0.1) is 6.92 Å². The molecule has 1 aromatic heterocycles. The summed E-state index contributed by atoms with van der Waals surface area (Å²) in [4.78, 5) is 16.8. The molecule has 1 amide bonds. The van der Waals surface area contributed by atoms with Gasteiger partial charge >= 0.3 is 0 Å². The van der Waals surface area contributed by atoms with Crippen LogP contribution in [-0.4, -0.2) is 10.9 Å². The zero-order valence-electron chi connectivity index (χ0n) is 14.2. The van der Waals surface area contributed by atoms with E-state index < -0.39 is 0 Å². The average molecular weight is 348 g/mol. The smallest absolute Gasteiger partial charge is 0.228 e. The van der Waals surface area contributed by atoms with Gasteiger partial charge in [-0.15, -0.1) is 11.3 Å². The van der Waals surface area contributed by atoms with E-state index >= 15 is 0 Å². The van der Waals surface area contributed by atoms with Crippen molar-refractivity contribution in [2.24, 2.45) is 0 Å². The Labute approximate surface area is 151 Å². The number of aryl methyl sites for hydroxylation is 3. The molecule has 0 bridgehead atoms. The second-order valence-electron chi connectivity index (χ2n) is 6.51. The van der Waals surface area contributed by atoms with E-state index in [1.807, 2.05) is 31.2 Å². The van der Waals surface area contributed by atoms with Crippen molar-refractivity contribution in [3.63, 3.8) is 0 Å². The Morgan fingerprint density at radius 2 is 1.92 bits per heavy atom. The predicted octanol–water partition coefficient (Wildman–Crippen LogP) is 4.79. The molecule has 1 heterocycles. The predicted molar refractivity (Wildman–Crippen MR) is 103 cm³/mol. The summed E-state index contributed by atoms with van der Waals surface area (Å²) in [7, 11) is 0. The Kier molecular flexibility index (Phi) is 4.36. The molecule has 0 atom stereocenters. The first-order chi connectivity index (χ1) is 12.2. The van der Waals surface area contributed by atoms with Crippen molar-refractivity contribution in [2.45, 2.75) is 32.6 Å². The van der Waals surface area contributed by atoms with Gasteiger partial charge in [0.15, 0.2) is 0 Å². The van der Waals surface area contributed by atoms with Crippen LogP contribution >= 0.6 is 11.3 Å². The lowest BCUT2D eigenvalue weighted by Gasteiger charge is -2.08. The van der Waals surface area contributed by atoms with Gasteiger partial charge in [-0.3, -0.25) is 4.79 Å². The summed E-state index contributed by atoms with van der Waals surface area (Å²) in [6.07, 6.45) is 3.96. The van der Waals surface area contributed by atoms with Crippen molar-refractivity contribution < 1.29 is 4.79 Å². The standard InChI is InChI=1S/C21H20N2OS/c1-14-22-20(13-25-14)17-7-9-19(10-8-17)23-21(24)12-15-5-6-16-3-2-4-18(16)11-15/h5-11,13H,2-4,12H2,1H3,(H,23,24). The summed E-state index contributed by atoms with van der Waals surface area (Å²) in [5, 5.41) is 6.09. The quantitative estimate of drug-likeness (QED) is 0.737. The molecule has 3 aromatic rings. The first-order valence-corrected chi connectivity index (χ1v) is 9.48. The Morgan fingerprint density at radius 1 is 1.12 bits per heavy atom. The number of carbonyl (C=O) groups is 1. The third-order valence-electron chi connectivity index (χ3n) is 4.61. The summed E-state index contributed by atoms with van der Waals surface area (Å²) in [6, 6.07) is 14.3. The van der Waals surface area contributed by atoms with Crippen molar-refractivity contribution in [3.05, 3.63) is 69.5 Å². The number of fused-ring (bicyclic) bond motifs is 1. The molecule has 0 radical (unpaired) electrons. The molecule has 0 aliphatic heterocycles. The number of hydrogen-bond donors (Lipinski definition) is 1. The minimum Gasteiger partial charge on any atom is -0.326 e. The van der Waals surface area contributed by atoms with Gasteiger partial charge in [-0.2, -0.15) is 0 Å². The maximum absolute atomic E-state index is 12.3. The van der Waals surface area contributed by atoms with E-state index in [0.29, 0.717) is 6.42 Å². The van der Waals surface area contributed by atoms with Crippen LogP contribution in [0.2, 0.25) is 0 Å². The average Bonchev–Trinajstić information content (AvgIpc) is 3.24. The van der Waals surface area contributed by atoms with E-state index in [9.17, 15) is 4.79 Å². The molecule has 4 heteroatoms. The van der Waals surface area contributed by atoms with Crippen LogP contribution in [0.3, 0.4) is 0 Å². The number of anilines is 1. The van der Waals surface area contributed by atoms with Crippen molar-refractivity contribution in [1.82, 2.24) is 4.98 Å². The monoisotopic (exact) mass is 348 g/mol. The fraction of sp³-hybridized carbons (Fsp3) is 0.238. The number of rotatable bonds is 4. The number of carbonyl (C=O) groups excluding carboxylic acids is 1. The molecule has 1 aliphatic rings. The lowest BCUT2D eigenvalue weighted by atomic mass is 10.0. The zero-order chi connectivity index (χ0) is 17.2. The first-order valence-electron chi connectivity index (χ1n) is 8.60. The molecular weight excluding hydrogens is 328 g/mol. The fourth-order valence-electron chi connectivity index (χ4n) is 3.35. The summed E-state index contributed by atoms with van der Waals surface area (Å²) in [5.74, 6) is 0.0233. The van der Waals surface area contributed by atoms with Gasteiger partial charge in [-0.05, 0) is 55.0 Å². The molecule has 1 N–H and O–H groups in total. The number of aromatic nitrogens is 1. The van der Waals surface area contributed by atoms with Gasteiger partial charge in [0.05, 0.1) is 17.1 Å². The zero-order valence-corrected chi connectivity index (χ0v) is 15.0. The highest BCUT2D eigenvalue weighted by molar-refractivity contribution is 7.09. The highest BCUT2D eigenvalue weighted by Gasteiger charge is 2.12. The van der Waals surface area contributed by atoms with Crippen LogP contribution in [-0.2, 0) is 24.1 Å². The molecule has 3 nitrogen and oxygen atoms in total. The molecule has 0 spiro atoms. The third-order valence-corrected chi connectivity index (χ3v) is 5.38. The lowest BCUT2D eigenvalue weighted by Crippen LogP contribution is -2.14. The molecule has 126 valence electrons. The van der Waals surface area contributed by atoms with E-state index in [1.54, 1.807) is 11.3 Å². The van der Waals surface area contributed by atoms with Crippen LogP contribution in [0.1, 0.15) is 28.1 Å². The van der Waals surface area contributed by atoms with E-state index in [1.165, 1.54) is 24.0 Å². The minimum absolute atomic E-state index is 0.0233. The van der Waals surface area contributed by atoms with Crippen LogP contribution in [0.25, 0.3) is 11.3 Å². The van der Waals surface area contributed by atoms with E-state index in [0.717, 1.165) is 33.9 Å². The van der Waals surface area contributed by atoms with Gasteiger partial charge in [0, 0.05) is 16.6 Å². The van der Waals surface area contributed by atoms with Gasteiger partial charge in [0.2, 0.25) is 5.91 Å². The van der Waals surface area contributed by atoms with Crippen molar-refractivity contribution >= 4 is 22.9 Å². The van der Waals surface area contributed by atoms with E-state index in [2.05, 4.69) is 33.9 Å². The molecule has 1 aliphatic carbocycles. The summed E-state index contributed by atoms with van der Waals surface area (Å²) in [5.41, 5.74) is 6.82. The van der Waals surface area contributed by atoms with Crippen molar-refractivity contribution in [2.75, 3.05) is 5.32 Å². The normalized spacial score (nSPS) is 12.8.